The maximum atomic E-state index is 5.69. The number of rotatable bonds is 3. The van der Waals surface area contributed by atoms with Gasteiger partial charge in [0.1, 0.15) is 0 Å². The van der Waals surface area contributed by atoms with Crippen molar-refractivity contribution in [1.82, 2.24) is 14.6 Å². The molecular weight excluding hydrogens is 188 g/mol. The van der Waals surface area contributed by atoms with Crippen LogP contribution in [0.5, 0.6) is 0 Å². The van der Waals surface area contributed by atoms with E-state index in [0.717, 1.165) is 23.5 Å². The van der Waals surface area contributed by atoms with Crippen LogP contribution in [-0.4, -0.2) is 21.1 Å². The van der Waals surface area contributed by atoms with Crippen molar-refractivity contribution in [3.05, 3.63) is 29.7 Å². The summed E-state index contributed by atoms with van der Waals surface area (Å²) in [5, 5.41) is 4.44. The summed E-state index contributed by atoms with van der Waals surface area (Å²) in [6.45, 7) is 4.75. The van der Waals surface area contributed by atoms with Crippen molar-refractivity contribution < 1.29 is 0 Å². The van der Waals surface area contributed by atoms with E-state index in [1.165, 1.54) is 0 Å². The highest BCUT2D eigenvalue weighted by Gasteiger charge is 2.13. The van der Waals surface area contributed by atoms with E-state index in [4.69, 9.17) is 5.73 Å². The summed E-state index contributed by atoms with van der Waals surface area (Å²) in [6.07, 6.45) is 2.90. The number of pyridine rings is 1. The van der Waals surface area contributed by atoms with Gasteiger partial charge in [-0.25, -0.2) is 9.50 Å². The molecule has 2 rings (SSSR count). The molecule has 0 aliphatic rings. The van der Waals surface area contributed by atoms with Crippen molar-refractivity contribution in [3.8, 4) is 0 Å². The fourth-order valence-electron chi connectivity index (χ4n) is 1.68. The molecule has 4 heteroatoms. The van der Waals surface area contributed by atoms with E-state index in [1.807, 2.05) is 29.8 Å². The minimum atomic E-state index is 0.268. The minimum Gasteiger partial charge on any atom is -0.330 e. The summed E-state index contributed by atoms with van der Waals surface area (Å²) in [6, 6.07) is 4.02. The fraction of sp³-hybridized carbons (Fsp3) is 0.455. The molecule has 2 heterocycles. The first-order chi connectivity index (χ1) is 7.26. The summed E-state index contributed by atoms with van der Waals surface area (Å²) >= 11 is 0. The number of nitrogens with zero attached hydrogens (tertiary/aromatic N) is 3. The topological polar surface area (TPSA) is 56.2 Å². The molecule has 0 bridgehead atoms. The van der Waals surface area contributed by atoms with Gasteiger partial charge in [0.25, 0.3) is 0 Å². The first kappa shape index (κ1) is 10.1. The van der Waals surface area contributed by atoms with Crippen LogP contribution < -0.4 is 5.73 Å². The number of nitrogens with two attached hydrogens (primary N) is 1. The standard InChI is InChI=1S/C11H16N4/c1-3-9(7-12)10-13-11-8(2)5-4-6-15(11)14-10/h4-6,9H,3,7,12H2,1-2H3. The van der Waals surface area contributed by atoms with Gasteiger partial charge in [-0.3, -0.25) is 0 Å². The lowest BCUT2D eigenvalue weighted by Gasteiger charge is -2.05. The van der Waals surface area contributed by atoms with Gasteiger partial charge in [0.2, 0.25) is 0 Å². The van der Waals surface area contributed by atoms with Gasteiger partial charge in [-0.15, -0.1) is 0 Å². The van der Waals surface area contributed by atoms with Gasteiger partial charge in [0, 0.05) is 18.7 Å². The number of aromatic nitrogens is 3. The van der Waals surface area contributed by atoms with E-state index in [1.54, 1.807) is 0 Å². The highest BCUT2D eigenvalue weighted by molar-refractivity contribution is 5.45. The second-order valence-corrected chi connectivity index (χ2v) is 3.77. The van der Waals surface area contributed by atoms with Crippen molar-refractivity contribution in [3.63, 3.8) is 0 Å². The zero-order valence-electron chi connectivity index (χ0n) is 9.14. The molecule has 0 amide bonds. The fourth-order valence-corrected chi connectivity index (χ4v) is 1.68. The predicted octanol–water partition coefficient (Wildman–Crippen LogP) is 1.49. The third-order valence-corrected chi connectivity index (χ3v) is 2.72. The van der Waals surface area contributed by atoms with Gasteiger partial charge in [-0.2, -0.15) is 5.10 Å². The zero-order chi connectivity index (χ0) is 10.8. The van der Waals surface area contributed by atoms with Gasteiger partial charge in [-0.05, 0) is 25.0 Å². The molecule has 4 nitrogen and oxygen atoms in total. The molecule has 0 aromatic carbocycles. The number of hydrogen-bond acceptors (Lipinski definition) is 3. The van der Waals surface area contributed by atoms with Crippen LogP contribution in [0.4, 0.5) is 0 Å². The van der Waals surface area contributed by atoms with Gasteiger partial charge in [0.15, 0.2) is 11.5 Å². The van der Waals surface area contributed by atoms with Gasteiger partial charge < -0.3 is 5.73 Å². The quantitative estimate of drug-likeness (QED) is 0.824. The third kappa shape index (κ3) is 1.72. The molecule has 2 aromatic heterocycles. The Morgan fingerprint density at radius 3 is 2.93 bits per heavy atom. The van der Waals surface area contributed by atoms with Gasteiger partial charge in [-0.1, -0.05) is 13.0 Å². The zero-order valence-corrected chi connectivity index (χ0v) is 9.14. The smallest absolute Gasteiger partial charge is 0.158 e. The van der Waals surface area contributed by atoms with E-state index in [9.17, 15) is 0 Å². The normalized spacial score (nSPS) is 13.3. The van der Waals surface area contributed by atoms with Crippen LogP contribution in [0.3, 0.4) is 0 Å². The monoisotopic (exact) mass is 204 g/mol. The average Bonchev–Trinajstić information content (AvgIpc) is 2.65. The van der Waals surface area contributed by atoms with Crippen LogP contribution in [0.2, 0.25) is 0 Å². The van der Waals surface area contributed by atoms with Gasteiger partial charge in [0.05, 0.1) is 0 Å². The van der Waals surface area contributed by atoms with Crippen LogP contribution in [0, 0.1) is 6.92 Å². The summed E-state index contributed by atoms with van der Waals surface area (Å²) in [7, 11) is 0. The van der Waals surface area contributed by atoms with Crippen molar-refractivity contribution in [2.45, 2.75) is 26.2 Å². The van der Waals surface area contributed by atoms with Crippen LogP contribution in [0.1, 0.15) is 30.7 Å². The Morgan fingerprint density at radius 2 is 2.33 bits per heavy atom. The highest BCUT2D eigenvalue weighted by atomic mass is 15.3. The first-order valence-electron chi connectivity index (χ1n) is 5.28. The molecular formula is C11H16N4. The largest absolute Gasteiger partial charge is 0.330 e. The Balaban J connectivity index is 2.51. The third-order valence-electron chi connectivity index (χ3n) is 2.72. The molecule has 80 valence electrons. The Morgan fingerprint density at radius 1 is 1.53 bits per heavy atom. The lowest BCUT2D eigenvalue weighted by molar-refractivity contribution is 0.629. The van der Waals surface area contributed by atoms with Gasteiger partial charge >= 0.3 is 0 Å². The second-order valence-electron chi connectivity index (χ2n) is 3.77. The Hall–Kier alpha value is -1.42. The number of aryl methyl sites for hydroxylation is 1. The summed E-state index contributed by atoms with van der Waals surface area (Å²) < 4.78 is 1.82. The summed E-state index contributed by atoms with van der Waals surface area (Å²) in [5.41, 5.74) is 7.76. The molecule has 0 saturated heterocycles. The van der Waals surface area contributed by atoms with Crippen molar-refractivity contribution in [1.29, 1.82) is 0 Å². The molecule has 0 fully saturated rings. The molecule has 0 saturated carbocycles. The summed E-state index contributed by atoms with van der Waals surface area (Å²) in [4.78, 5) is 4.53. The van der Waals surface area contributed by atoms with Crippen molar-refractivity contribution in [2.75, 3.05) is 6.54 Å². The molecule has 1 atom stereocenters. The molecule has 0 spiro atoms. The molecule has 2 N–H and O–H groups in total. The van der Waals surface area contributed by atoms with Crippen molar-refractivity contribution in [2.24, 2.45) is 5.73 Å². The first-order valence-corrected chi connectivity index (χ1v) is 5.28. The van der Waals surface area contributed by atoms with Crippen LogP contribution in [-0.2, 0) is 0 Å². The second kappa shape index (κ2) is 3.98. The molecule has 1 unspecified atom stereocenters. The van der Waals surface area contributed by atoms with Crippen LogP contribution in [0.25, 0.3) is 5.65 Å². The van der Waals surface area contributed by atoms with Crippen LogP contribution in [0.15, 0.2) is 18.3 Å². The van der Waals surface area contributed by atoms with E-state index in [0.29, 0.717) is 6.54 Å². The average molecular weight is 204 g/mol. The van der Waals surface area contributed by atoms with E-state index >= 15 is 0 Å². The number of hydrogen-bond donors (Lipinski definition) is 1. The lowest BCUT2D eigenvalue weighted by atomic mass is 10.1. The molecule has 2 aromatic rings. The van der Waals surface area contributed by atoms with Crippen molar-refractivity contribution >= 4 is 5.65 Å². The Bertz CT molecular complexity index is 457. The molecule has 15 heavy (non-hydrogen) atoms. The Labute approximate surface area is 89.1 Å². The molecule has 0 aliphatic heterocycles. The van der Waals surface area contributed by atoms with Crippen LogP contribution >= 0.6 is 0 Å². The summed E-state index contributed by atoms with van der Waals surface area (Å²) in [5.74, 6) is 1.12. The lowest BCUT2D eigenvalue weighted by Crippen LogP contribution is -2.13. The SMILES string of the molecule is CCC(CN)c1nc2c(C)cccn2n1. The van der Waals surface area contributed by atoms with E-state index in [-0.39, 0.29) is 5.92 Å². The van der Waals surface area contributed by atoms with E-state index in [2.05, 4.69) is 17.0 Å². The molecule has 0 radical (unpaired) electrons. The maximum absolute atomic E-state index is 5.69. The maximum Gasteiger partial charge on any atom is 0.158 e. The number of fused-ring (bicyclic) bond motifs is 1. The minimum absolute atomic E-state index is 0.268. The predicted molar refractivity (Wildman–Crippen MR) is 59.8 cm³/mol. The highest BCUT2D eigenvalue weighted by Crippen LogP contribution is 2.16. The van der Waals surface area contributed by atoms with E-state index < -0.39 is 0 Å². The molecule has 0 aliphatic carbocycles. The Kier molecular flexibility index (Phi) is 2.68.